The quantitative estimate of drug-likeness (QED) is 0.680. The van der Waals surface area contributed by atoms with Gasteiger partial charge in [-0.25, -0.2) is 4.98 Å². The highest BCUT2D eigenvalue weighted by atomic mass is 35.5. The highest BCUT2D eigenvalue weighted by molar-refractivity contribution is 6.39. The number of benzene rings is 1. The molecule has 2 amide bonds. The van der Waals surface area contributed by atoms with Crippen LogP contribution in [0.25, 0.3) is 0 Å². The van der Waals surface area contributed by atoms with Crippen LogP contribution in [0.15, 0.2) is 30.5 Å². The number of aryl methyl sites for hydroxylation is 1. The van der Waals surface area contributed by atoms with Gasteiger partial charge < -0.3 is 16.0 Å². The van der Waals surface area contributed by atoms with Crippen molar-refractivity contribution >= 4 is 34.9 Å². The molecule has 160 valence electrons. The maximum atomic E-state index is 13.0. The van der Waals surface area contributed by atoms with Crippen molar-refractivity contribution in [3.8, 4) is 0 Å². The summed E-state index contributed by atoms with van der Waals surface area (Å²) in [5, 5.41) is 2.06. The lowest BCUT2D eigenvalue weighted by Gasteiger charge is -2.35. The van der Waals surface area contributed by atoms with Crippen molar-refractivity contribution in [2.75, 3.05) is 17.6 Å². The van der Waals surface area contributed by atoms with Gasteiger partial charge in [0.15, 0.2) is 0 Å². The number of likely N-dealkylation sites (tertiary alicyclic amines) is 1. The van der Waals surface area contributed by atoms with E-state index in [1.807, 2.05) is 0 Å². The molecule has 1 saturated heterocycles. The van der Waals surface area contributed by atoms with Crippen LogP contribution in [0, 0.1) is 6.92 Å². The fourth-order valence-corrected chi connectivity index (χ4v) is 3.75. The number of halogens is 4. The van der Waals surface area contributed by atoms with Gasteiger partial charge in [-0.3, -0.25) is 9.59 Å². The van der Waals surface area contributed by atoms with Crippen molar-refractivity contribution in [3.63, 3.8) is 0 Å². The molecule has 3 rings (SSSR count). The van der Waals surface area contributed by atoms with Gasteiger partial charge in [-0.2, -0.15) is 13.2 Å². The van der Waals surface area contributed by atoms with Crippen LogP contribution in [0.4, 0.5) is 24.7 Å². The largest absolute Gasteiger partial charge is 0.417 e. The second-order valence-electron chi connectivity index (χ2n) is 7.13. The molecule has 1 aliphatic heterocycles. The van der Waals surface area contributed by atoms with E-state index in [9.17, 15) is 22.8 Å². The number of amides is 2. The molecule has 10 heteroatoms. The summed E-state index contributed by atoms with van der Waals surface area (Å²) >= 11 is 5.84. The first-order valence-corrected chi connectivity index (χ1v) is 9.66. The van der Waals surface area contributed by atoms with Gasteiger partial charge in [0, 0.05) is 6.54 Å². The van der Waals surface area contributed by atoms with Crippen LogP contribution in [0.3, 0.4) is 0 Å². The topological polar surface area (TPSA) is 88.3 Å². The number of nitrogens with two attached hydrogens (primary N) is 1. The number of nitrogen functional groups attached to an aromatic ring is 1. The van der Waals surface area contributed by atoms with Crippen molar-refractivity contribution < 1.29 is 22.8 Å². The Kier molecular flexibility index (Phi) is 6.21. The number of hydrogen-bond acceptors (Lipinski definition) is 4. The lowest BCUT2D eigenvalue weighted by molar-refractivity contribution is -0.145. The molecule has 0 bridgehead atoms. The lowest BCUT2D eigenvalue weighted by Crippen LogP contribution is -2.44. The van der Waals surface area contributed by atoms with Gasteiger partial charge in [0.25, 0.3) is 0 Å². The third kappa shape index (κ3) is 4.67. The average molecular weight is 441 g/mol. The number of carbonyl (C=O) groups excluding carboxylic acids is 2. The van der Waals surface area contributed by atoms with Gasteiger partial charge >= 0.3 is 18.0 Å². The standard InChI is InChI=1S/C20H20ClF3N4O2/c1-11-8-13(10-26-17(11)25)27-18(29)19(30)28-7-3-2-4-16(28)12-5-6-14(15(21)9-12)20(22,23)24/h5-6,8-10,16H,2-4,7H2,1H3,(H2,25,26)(H,27,29)/t16-/m0/s1. The van der Waals surface area contributed by atoms with Crippen LogP contribution in [-0.4, -0.2) is 28.2 Å². The molecule has 0 saturated carbocycles. The summed E-state index contributed by atoms with van der Waals surface area (Å²) in [7, 11) is 0. The Bertz CT molecular complexity index is 981. The summed E-state index contributed by atoms with van der Waals surface area (Å²) < 4.78 is 38.9. The van der Waals surface area contributed by atoms with Crippen LogP contribution in [0.5, 0.6) is 0 Å². The normalized spacial score (nSPS) is 17.0. The zero-order chi connectivity index (χ0) is 22.1. The van der Waals surface area contributed by atoms with Crippen LogP contribution < -0.4 is 11.1 Å². The Hall–Kier alpha value is -2.81. The molecule has 1 fully saturated rings. The second-order valence-corrected chi connectivity index (χ2v) is 7.53. The summed E-state index contributed by atoms with van der Waals surface area (Å²) in [6.07, 6.45) is -1.24. The second kappa shape index (κ2) is 8.51. The first kappa shape index (κ1) is 21.9. The number of piperidine rings is 1. The molecule has 0 unspecified atom stereocenters. The van der Waals surface area contributed by atoms with Gasteiger partial charge in [0.2, 0.25) is 0 Å². The molecular formula is C20H20ClF3N4O2. The summed E-state index contributed by atoms with van der Waals surface area (Å²) in [5.74, 6) is -1.31. The monoisotopic (exact) mass is 440 g/mol. The molecule has 6 nitrogen and oxygen atoms in total. The number of rotatable bonds is 2. The van der Waals surface area contributed by atoms with Crippen LogP contribution >= 0.6 is 11.6 Å². The Morgan fingerprint density at radius 3 is 2.63 bits per heavy atom. The summed E-state index contributed by atoms with van der Waals surface area (Å²) in [5.41, 5.74) is 6.14. The summed E-state index contributed by atoms with van der Waals surface area (Å²) in [6, 6.07) is 4.47. The minimum absolute atomic E-state index is 0.314. The van der Waals surface area contributed by atoms with E-state index in [1.54, 1.807) is 13.0 Å². The zero-order valence-corrected chi connectivity index (χ0v) is 16.8. The lowest BCUT2D eigenvalue weighted by atomic mass is 9.94. The molecule has 0 aliphatic carbocycles. The third-order valence-corrected chi connectivity index (χ3v) is 5.33. The van der Waals surface area contributed by atoms with E-state index in [0.29, 0.717) is 42.0 Å². The maximum absolute atomic E-state index is 13.0. The van der Waals surface area contributed by atoms with Gasteiger partial charge in [0.1, 0.15) is 5.82 Å². The Morgan fingerprint density at radius 1 is 1.27 bits per heavy atom. The highest BCUT2D eigenvalue weighted by Crippen LogP contribution is 2.38. The van der Waals surface area contributed by atoms with E-state index in [2.05, 4.69) is 10.3 Å². The number of alkyl halides is 3. The maximum Gasteiger partial charge on any atom is 0.417 e. The fraction of sp³-hybridized carbons (Fsp3) is 0.350. The number of anilines is 2. The first-order valence-electron chi connectivity index (χ1n) is 9.28. The highest BCUT2D eigenvalue weighted by Gasteiger charge is 2.35. The van der Waals surface area contributed by atoms with Gasteiger partial charge in [-0.05, 0) is 55.5 Å². The Labute approximate surface area is 176 Å². The number of aromatic nitrogens is 1. The van der Waals surface area contributed by atoms with Crippen molar-refractivity contribution in [1.29, 1.82) is 0 Å². The molecule has 3 N–H and O–H groups in total. The zero-order valence-electron chi connectivity index (χ0n) is 16.1. The number of nitrogens with one attached hydrogen (secondary N) is 1. The van der Waals surface area contributed by atoms with Gasteiger partial charge in [-0.1, -0.05) is 17.7 Å². The molecule has 1 aliphatic rings. The van der Waals surface area contributed by atoms with E-state index in [4.69, 9.17) is 17.3 Å². The number of pyridine rings is 1. The third-order valence-electron chi connectivity index (χ3n) is 5.02. The number of carbonyl (C=O) groups is 2. The van der Waals surface area contributed by atoms with Crippen LogP contribution in [0.1, 0.15) is 42.0 Å². The summed E-state index contributed by atoms with van der Waals surface area (Å²) in [6.45, 7) is 2.03. The van der Waals surface area contributed by atoms with E-state index in [1.165, 1.54) is 23.2 Å². The minimum atomic E-state index is -4.57. The van der Waals surface area contributed by atoms with Gasteiger partial charge in [0.05, 0.1) is 28.5 Å². The smallest absolute Gasteiger partial charge is 0.383 e. The molecule has 1 atom stereocenters. The molecule has 0 radical (unpaired) electrons. The van der Waals surface area contributed by atoms with Crippen LogP contribution in [0.2, 0.25) is 5.02 Å². The molecule has 30 heavy (non-hydrogen) atoms. The number of hydrogen-bond donors (Lipinski definition) is 2. The predicted molar refractivity (Wildman–Crippen MR) is 107 cm³/mol. The SMILES string of the molecule is Cc1cc(NC(=O)C(=O)N2CCCC[C@H]2c2ccc(C(F)(F)F)c(Cl)c2)cnc1N. The minimum Gasteiger partial charge on any atom is -0.383 e. The summed E-state index contributed by atoms with van der Waals surface area (Å²) in [4.78, 5) is 30.6. The van der Waals surface area contributed by atoms with E-state index < -0.39 is 34.6 Å². The molecule has 0 spiro atoms. The molecule has 2 heterocycles. The van der Waals surface area contributed by atoms with E-state index >= 15 is 0 Å². The average Bonchev–Trinajstić information content (AvgIpc) is 2.69. The fourth-order valence-electron chi connectivity index (χ4n) is 3.46. The molecular weight excluding hydrogens is 421 g/mol. The number of nitrogens with zero attached hydrogens (tertiary/aromatic N) is 2. The van der Waals surface area contributed by atoms with Crippen molar-refractivity contribution in [3.05, 3.63) is 52.2 Å². The van der Waals surface area contributed by atoms with Gasteiger partial charge in [-0.15, -0.1) is 0 Å². The molecule has 1 aromatic carbocycles. The Morgan fingerprint density at radius 2 is 2.00 bits per heavy atom. The van der Waals surface area contributed by atoms with Crippen LogP contribution in [-0.2, 0) is 15.8 Å². The van der Waals surface area contributed by atoms with Crippen molar-refractivity contribution in [2.45, 2.75) is 38.4 Å². The first-order chi connectivity index (χ1) is 14.1. The predicted octanol–water partition coefficient (Wildman–Crippen LogP) is 4.34. The molecule has 2 aromatic rings. The van der Waals surface area contributed by atoms with E-state index in [0.717, 1.165) is 12.5 Å². The molecule has 1 aromatic heterocycles. The van der Waals surface area contributed by atoms with Crippen molar-refractivity contribution in [1.82, 2.24) is 9.88 Å². The Balaban J connectivity index is 1.81. The van der Waals surface area contributed by atoms with E-state index in [-0.39, 0.29) is 0 Å². The van der Waals surface area contributed by atoms with Crippen molar-refractivity contribution in [2.24, 2.45) is 0 Å².